The second-order valence-electron chi connectivity index (χ2n) is 3.66. The number of rotatable bonds is 3. The Hall–Kier alpha value is -2.42. The summed E-state index contributed by atoms with van der Waals surface area (Å²) in [5.41, 5.74) is -1.02. The first kappa shape index (κ1) is 12.6. The summed E-state index contributed by atoms with van der Waals surface area (Å²) in [5.74, 6) is 0.205. The van der Waals surface area contributed by atoms with Gasteiger partial charge in [-0.25, -0.2) is 4.79 Å². The van der Waals surface area contributed by atoms with Crippen molar-refractivity contribution in [3.63, 3.8) is 0 Å². The van der Waals surface area contributed by atoms with Crippen molar-refractivity contribution in [3.8, 4) is 11.8 Å². The van der Waals surface area contributed by atoms with Gasteiger partial charge in [-0.05, 0) is 43.3 Å². The molecule has 0 spiro atoms. The van der Waals surface area contributed by atoms with Crippen LogP contribution in [0, 0.1) is 16.2 Å². The predicted molar refractivity (Wildman–Crippen MR) is 58.7 cm³/mol. The average molecular weight is 234 g/mol. The third kappa shape index (κ3) is 3.91. The van der Waals surface area contributed by atoms with Gasteiger partial charge in [0.05, 0.1) is 0 Å². The second-order valence-corrected chi connectivity index (χ2v) is 3.66. The van der Waals surface area contributed by atoms with Crippen LogP contribution in [0.5, 0.6) is 5.75 Å². The van der Waals surface area contributed by atoms with E-state index in [9.17, 15) is 9.70 Å². The van der Waals surface area contributed by atoms with E-state index in [-0.39, 0.29) is 11.4 Å². The lowest BCUT2D eigenvalue weighted by atomic mass is 10.2. The third-order valence-corrected chi connectivity index (χ3v) is 1.75. The van der Waals surface area contributed by atoms with Gasteiger partial charge in [-0.1, -0.05) is 0 Å². The highest BCUT2D eigenvalue weighted by atomic mass is 16.7. The zero-order valence-electron chi connectivity index (χ0n) is 9.34. The number of nitroso groups, excluding NO2 is 1. The topological polar surface area (TPSA) is 88.8 Å². The van der Waals surface area contributed by atoms with Crippen molar-refractivity contribution in [3.05, 3.63) is 29.2 Å². The molecule has 6 heteroatoms. The number of hydrogen-bond donors (Lipinski definition) is 0. The van der Waals surface area contributed by atoms with Gasteiger partial charge in [0.15, 0.2) is 5.60 Å². The van der Waals surface area contributed by atoms with Gasteiger partial charge < -0.3 is 9.47 Å². The molecule has 1 aromatic carbocycles. The molecule has 0 amide bonds. The molecule has 0 atom stereocenters. The number of carbonyl (C=O) groups is 1. The number of hydrogen-bond acceptors (Lipinski definition) is 6. The van der Waals surface area contributed by atoms with E-state index < -0.39 is 11.8 Å². The SMILES string of the molecule is CC(C)(C#N)OC(=O)Oc1ccc(N=O)cc1. The van der Waals surface area contributed by atoms with Crippen LogP contribution in [0.4, 0.5) is 10.5 Å². The molecule has 0 unspecified atom stereocenters. The highest BCUT2D eigenvalue weighted by Crippen LogP contribution is 2.19. The second kappa shape index (κ2) is 5.07. The first-order chi connectivity index (χ1) is 7.96. The van der Waals surface area contributed by atoms with E-state index in [1.807, 2.05) is 0 Å². The number of ether oxygens (including phenoxy) is 2. The van der Waals surface area contributed by atoms with Crippen LogP contribution in [0.1, 0.15) is 13.8 Å². The van der Waals surface area contributed by atoms with Crippen molar-refractivity contribution < 1.29 is 14.3 Å². The summed E-state index contributed by atoms with van der Waals surface area (Å²) < 4.78 is 9.54. The summed E-state index contributed by atoms with van der Waals surface area (Å²) >= 11 is 0. The molecule has 1 aromatic rings. The third-order valence-electron chi connectivity index (χ3n) is 1.75. The van der Waals surface area contributed by atoms with Crippen LogP contribution in [0.3, 0.4) is 0 Å². The fourth-order valence-electron chi connectivity index (χ4n) is 0.923. The fourth-order valence-corrected chi connectivity index (χ4v) is 0.923. The minimum absolute atomic E-state index is 0.205. The molecule has 0 saturated carbocycles. The molecular weight excluding hydrogens is 224 g/mol. The van der Waals surface area contributed by atoms with E-state index in [0.29, 0.717) is 0 Å². The zero-order chi connectivity index (χ0) is 12.9. The summed E-state index contributed by atoms with van der Waals surface area (Å²) in [5, 5.41) is 11.3. The van der Waals surface area contributed by atoms with E-state index in [1.165, 1.54) is 38.1 Å². The molecule has 0 N–H and O–H groups in total. The molecule has 1 rings (SSSR count). The molecule has 88 valence electrons. The lowest BCUT2D eigenvalue weighted by Gasteiger charge is -2.15. The smallest absolute Gasteiger partial charge is 0.413 e. The Balaban J connectivity index is 2.63. The van der Waals surface area contributed by atoms with Crippen molar-refractivity contribution in [1.29, 1.82) is 5.26 Å². The van der Waals surface area contributed by atoms with Gasteiger partial charge in [-0.3, -0.25) is 0 Å². The Morgan fingerprint density at radius 2 is 1.94 bits per heavy atom. The number of benzene rings is 1. The van der Waals surface area contributed by atoms with Gasteiger partial charge in [0, 0.05) is 0 Å². The molecule has 0 radical (unpaired) electrons. The molecule has 0 aliphatic heterocycles. The normalized spacial score (nSPS) is 10.2. The van der Waals surface area contributed by atoms with Crippen molar-refractivity contribution in [1.82, 2.24) is 0 Å². The fraction of sp³-hybridized carbons (Fsp3) is 0.273. The minimum Gasteiger partial charge on any atom is -0.413 e. The van der Waals surface area contributed by atoms with Crippen LogP contribution in [0.15, 0.2) is 29.4 Å². The van der Waals surface area contributed by atoms with Crippen molar-refractivity contribution in [2.75, 3.05) is 0 Å². The molecule has 17 heavy (non-hydrogen) atoms. The van der Waals surface area contributed by atoms with Crippen LogP contribution in [0.25, 0.3) is 0 Å². The van der Waals surface area contributed by atoms with Gasteiger partial charge in [0.2, 0.25) is 0 Å². The number of nitrogens with zero attached hydrogens (tertiary/aromatic N) is 2. The lowest BCUT2D eigenvalue weighted by Crippen LogP contribution is -2.27. The average Bonchev–Trinajstić information content (AvgIpc) is 2.29. The maximum atomic E-state index is 11.3. The van der Waals surface area contributed by atoms with Gasteiger partial charge in [0.25, 0.3) is 0 Å². The van der Waals surface area contributed by atoms with Gasteiger partial charge in [0.1, 0.15) is 17.5 Å². The van der Waals surface area contributed by atoms with E-state index in [4.69, 9.17) is 14.7 Å². The largest absolute Gasteiger partial charge is 0.515 e. The Bertz CT molecular complexity index is 459. The first-order valence-electron chi connectivity index (χ1n) is 4.72. The maximum absolute atomic E-state index is 11.3. The monoisotopic (exact) mass is 234 g/mol. The lowest BCUT2D eigenvalue weighted by molar-refractivity contribution is 0.0407. The van der Waals surface area contributed by atoms with Gasteiger partial charge in [-0.15, -0.1) is 4.91 Å². The van der Waals surface area contributed by atoms with E-state index in [2.05, 4.69) is 5.18 Å². The van der Waals surface area contributed by atoms with Crippen LogP contribution in [-0.4, -0.2) is 11.8 Å². The Kier molecular flexibility index (Phi) is 3.78. The minimum atomic E-state index is -1.25. The summed E-state index contributed by atoms with van der Waals surface area (Å²) in [6, 6.07) is 7.38. The van der Waals surface area contributed by atoms with Crippen molar-refractivity contribution in [2.24, 2.45) is 5.18 Å². The van der Waals surface area contributed by atoms with Gasteiger partial charge >= 0.3 is 6.16 Å². The Labute approximate surface area is 97.7 Å². The number of carbonyl (C=O) groups excluding carboxylic acids is 1. The molecule has 0 heterocycles. The molecule has 0 aliphatic rings. The van der Waals surface area contributed by atoms with Crippen LogP contribution in [0.2, 0.25) is 0 Å². The highest BCUT2D eigenvalue weighted by molar-refractivity contribution is 5.65. The molecule has 0 aromatic heterocycles. The number of nitriles is 1. The molecule has 0 fully saturated rings. The highest BCUT2D eigenvalue weighted by Gasteiger charge is 2.23. The molecular formula is C11H10N2O4. The molecule has 0 bridgehead atoms. The molecule has 0 saturated heterocycles. The molecule has 0 aliphatic carbocycles. The van der Waals surface area contributed by atoms with Crippen LogP contribution < -0.4 is 4.74 Å². The van der Waals surface area contributed by atoms with E-state index in [1.54, 1.807) is 6.07 Å². The summed E-state index contributed by atoms with van der Waals surface area (Å²) in [7, 11) is 0. The predicted octanol–water partition coefficient (Wildman–Crippen LogP) is 2.90. The van der Waals surface area contributed by atoms with Crippen LogP contribution in [-0.2, 0) is 4.74 Å². The van der Waals surface area contributed by atoms with E-state index in [0.717, 1.165) is 0 Å². The maximum Gasteiger partial charge on any atom is 0.515 e. The summed E-state index contributed by atoms with van der Waals surface area (Å²) in [4.78, 5) is 21.4. The Morgan fingerprint density at radius 3 is 2.41 bits per heavy atom. The van der Waals surface area contributed by atoms with Gasteiger partial charge in [-0.2, -0.15) is 5.26 Å². The van der Waals surface area contributed by atoms with Crippen LogP contribution >= 0.6 is 0 Å². The van der Waals surface area contributed by atoms with Crippen molar-refractivity contribution in [2.45, 2.75) is 19.4 Å². The standard InChI is InChI=1S/C11H10N2O4/c1-11(2,7-12)17-10(14)16-9-5-3-8(13-15)4-6-9/h3-6H,1-2H3. The molecule has 6 nitrogen and oxygen atoms in total. The van der Waals surface area contributed by atoms with E-state index >= 15 is 0 Å². The zero-order valence-corrected chi connectivity index (χ0v) is 9.34. The quantitative estimate of drug-likeness (QED) is 0.455. The van der Waals surface area contributed by atoms with Crippen molar-refractivity contribution >= 4 is 11.8 Å². The summed E-state index contributed by atoms with van der Waals surface area (Å²) in [6.45, 7) is 2.88. The Morgan fingerprint density at radius 1 is 1.35 bits per heavy atom. The first-order valence-corrected chi connectivity index (χ1v) is 4.72. The summed E-state index contributed by atoms with van der Waals surface area (Å²) in [6.07, 6.45) is -0.983.